The lowest BCUT2D eigenvalue weighted by Gasteiger charge is -2.20. The van der Waals surface area contributed by atoms with E-state index in [1.54, 1.807) is 4.52 Å². The van der Waals surface area contributed by atoms with E-state index in [1.165, 1.54) is 11.1 Å². The normalized spacial score (nSPS) is 18.4. The molecule has 1 N–H and O–H groups in total. The van der Waals surface area contributed by atoms with Gasteiger partial charge in [-0.2, -0.15) is 5.10 Å². The van der Waals surface area contributed by atoms with E-state index < -0.39 is 12.0 Å². The van der Waals surface area contributed by atoms with Gasteiger partial charge >= 0.3 is 5.97 Å². The highest BCUT2D eigenvalue weighted by molar-refractivity contribution is 6.01. The molecule has 3 heterocycles. The van der Waals surface area contributed by atoms with Crippen LogP contribution in [0, 0.1) is 13.8 Å². The number of hydrogen-bond acceptors (Lipinski definition) is 4. The van der Waals surface area contributed by atoms with Crippen molar-refractivity contribution in [2.45, 2.75) is 32.7 Å². The summed E-state index contributed by atoms with van der Waals surface area (Å²) in [7, 11) is 0. The van der Waals surface area contributed by atoms with Crippen molar-refractivity contribution < 1.29 is 14.7 Å². The Bertz CT molecular complexity index is 737. The van der Waals surface area contributed by atoms with Crippen LogP contribution in [-0.2, 0) is 4.79 Å². The standard InChI is InChI=1S/C14H16N4O3/c1-8-6-9(2)18-12(16-8)10(7-15-18)13(19)17-5-3-4-11(17)14(20)21/h6-7,11H,3-5H2,1-2H3,(H,20,21)/t11-/m1/s1. The topological polar surface area (TPSA) is 87.8 Å². The fourth-order valence-electron chi connectivity index (χ4n) is 2.84. The molecule has 110 valence electrons. The van der Waals surface area contributed by atoms with Crippen LogP contribution in [0.4, 0.5) is 0 Å². The Morgan fingerprint density at radius 3 is 2.86 bits per heavy atom. The van der Waals surface area contributed by atoms with Gasteiger partial charge in [-0.3, -0.25) is 4.79 Å². The van der Waals surface area contributed by atoms with Crippen LogP contribution in [0.25, 0.3) is 5.65 Å². The van der Waals surface area contributed by atoms with E-state index in [9.17, 15) is 14.7 Å². The molecule has 0 saturated carbocycles. The Morgan fingerprint density at radius 1 is 1.38 bits per heavy atom. The Kier molecular flexibility index (Phi) is 3.12. The molecule has 0 radical (unpaired) electrons. The second-order valence-electron chi connectivity index (χ2n) is 5.33. The summed E-state index contributed by atoms with van der Waals surface area (Å²) >= 11 is 0. The smallest absolute Gasteiger partial charge is 0.326 e. The largest absolute Gasteiger partial charge is 0.480 e. The van der Waals surface area contributed by atoms with Gasteiger partial charge in [-0.1, -0.05) is 0 Å². The first-order chi connectivity index (χ1) is 9.99. The lowest BCUT2D eigenvalue weighted by Crippen LogP contribution is -2.40. The molecule has 0 spiro atoms. The number of amides is 1. The number of rotatable bonds is 2. The third-order valence-electron chi connectivity index (χ3n) is 3.81. The van der Waals surface area contributed by atoms with Crippen LogP contribution in [0.5, 0.6) is 0 Å². The number of fused-ring (bicyclic) bond motifs is 1. The van der Waals surface area contributed by atoms with Crippen molar-refractivity contribution in [2.24, 2.45) is 0 Å². The van der Waals surface area contributed by atoms with Crippen molar-refractivity contribution in [3.8, 4) is 0 Å². The summed E-state index contributed by atoms with van der Waals surface area (Å²) in [6.45, 7) is 4.20. The number of nitrogens with zero attached hydrogens (tertiary/aromatic N) is 4. The van der Waals surface area contributed by atoms with Gasteiger partial charge in [-0.25, -0.2) is 14.3 Å². The number of hydrogen-bond donors (Lipinski definition) is 1. The molecular formula is C14H16N4O3. The molecule has 0 unspecified atom stereocenters. The maximum absolute atomic E-state index is 12.6. The number of carbonyl (C=O) groups is 2. The minimum atomic E-state index is -0.961. The predicted molar refractivity (Wildman–Crippen MR) is 74.2 cm³/mol. The second kappa shape index (κ2) is 4.83. The number of likely N-dealkylation sites (tertiary alicyclic amines) is 1. The Balaban J connectivity index is 2.04. The number of aromatic nitrogens is 3. The van der Waals surface area contributed by atoms with Gasteiger partial charge in [0.2, 0.25) is 0 Å². The zero-order chi connectivity index (χ0) is 15.1. The monoisotopic (exact) mass is 288 g/mol. The van der Waals surface area contributed by atoms with Crippen LogP contribution in [0.1, 0.15) is 34.6 Å². The molecule has 7 nitrogen and oxygen atoms in total. The van der Waals surface area contributed by atoms with Gasteiger partial charge in [0.15, 0.2) is 5.65 Å². The maximum Gasteiger partial charge on any atom is 0.326 e. The van der Waals surface area contributed by atoms with Crippen LogP contribution in [0.3, 0.4) is 0 Å². The molecule has 7 heteroatoms. The van der Waals surface area contributed by atoms with Gasteiger partial charge in [0.1, 0.15) is 11.6 Å². The number of aryl methyl sites for hydroxylation is 2. The van der Waals surface area contributed by atoms with Crippen molar-refractivity contribution in [1.29, 1.82) is 0 Å². The van der Waals surface area contributed by atoms with Gasteiger partial charge in [0, 0.05) is 17.9 Å². The van der Waals surface area contributed by atoms with Gasteiger partial charge < -0.3 is 10.0 Å². The average molecular weight is 288 g/mol. The quantitative estimate of drug-likeness (QED) is 0.892. The minimum Gasteiger partial charge on any atom is -0.480 e. The Morgan fingerprint density at radius 2 is 2.14 bits per heavy atom. The highest BCUT2D eigenvalue weighted by Crippen LogP contribution is 2.22. The average Bonchev–Trinajstić information content (AvgIpc) is 3.03. The summed E-state index contributed by atoms with van der Waals surface area (Å²) in [5, 5.41) is 13.4. The summed E-state index contributed by atoms with van der Waals surface area (Å²) in [5.74, 6) is -1.27. The molecule has 1 saturated heterocycles. The molecule has 0 aliphatic carbocycles. The van der Waals surface area contributed by atoms with Crippen molar-refractivity contribution in [2.75, 3.05) is 6.54 Å². The predicted octanol–water partition coefficient (Wildman–Crippen LogP) is 1.04. The molecule has 1 atom stereocenters. The third-order valence-corrected chi connectivity index (χ3v) is 3.81. The van der Waals surface area contributed by atoms with E-state index in [0.29, 0.717) is 30.6 Å². The molecule has 1 fully saturated rings. The lowest BCUT2D eigenvalue weighted by atomic mass is 10.2. The highest BCUT2D eigenvalue weighted by Gasteiger charge is 2.35. The van der Waals surface area contributed by atoms with Gasteiger partial charge in [-0.15, -0.1) is 0 Å². The van der Waals surface area contributed by atoms with Gasteiger partial charge in [-0.05, 0) is 32.8 Å². The van der Waals surface area contributed by atoms with Crippen molar-refractivity contribution in [3.05, 3.63) is 29.2 Å². The number of carboxylic acids is 1. The van der Waals surface area contributed by atoms with Crippen LogP contribution in [0.15, 0.2) is 12.3 Å². The fraction of sp³-hybridized carbons (Fsp3) is 0.429. The summed E-state index contributed by atoms with van der Waals surface area (Å²) in [6.07, 6.45) is 2.66. The van der Waals surface area contributed by atoms with E-state index in [-0.39, 0.29) is 5.91 Å². The van der Waals surface area contributed by atoms with Gasteiger partial charge in [0.05, 0.1) is 6.20 Å². The molecule has 21 heavy (non-hydrogen) atoms. The van der Waals surface area contributed by atoms with Crippen molar-refractivity contribution >= 4 is 17.5 Å². The molecule has 2 aromatic heterocycles. The maximum atomic E-state index is 12.6. The first kappa shape index (κ1) is 13.5. The second-order valence-corrected chi connectivity index (χ2v) is 5.33. The fourth-order valence-corrected chi connectivity index (χ4v) is 2.84. The minimum absolute atomic E-state index is 0.313. The zero-order valence-corrected chi connectivity index (χ0v) is 11.9. The summed E-state index contributed by atoms with van der Waals surface area (Å²) in [4.78, 5) is 29.6. The van der Waals surface area contributed by atoms with Crippen molar-refractivity contribution in [3.63, 3.8) is 0 Å². The molecule has 0 aromatic carbocycles. The molecule has 2 aromatic rings. The first-order valence-electron chi connectivity index (χ1n) is 6.85. The summed E-state index contributed by atoms with van der Waals surface area (Å²) in [6, 6.07) is 1.13. The molecule has 3 rings (SSSR count). The summed E-state index contributed by atoms with van der Waals surface area (Å²) in [5.41, 5.74) is 2.52. The number of carboxylic acid groups (broad SMARTS) is 1. The van der Waals surface area contributed by atoms with E-state index in [1.807, 2.05) is 19.9 Å². The Hall–Kier alpha value is -2.44. The van der Waals surface area contributed by atoms with E-state index in [0.717, 1.165) is 11.4 Å². The first-order valence-corrected chi connectivity index (χ1v) is 6.85. The van der Waals surface area contributed by atoms with Crippen LogP contribution in [0.2, 0.25) is 0 Å². The lowest BCUT2D eigenvalue weighted by molar-refractivity contribution is -0.141. The van der Waals surface area contributed by atoms with E-state index in [2.05, 4.69) is 10.1 Å². The molecule has 1 aliphatic heterocycles. The van der Waals surface area contributed by atoms with Gasteiger partial charge in [0.25, 0.3) is 5.91 Å². The number of carbonyl (C=O) groups excluding carboxylic acids is 1. The van der Waals surface area contributed by atoms with Crippen LogP contribution >= 0.6 is 0 Å². The molecule has 1 amide bonds. The SMILES string of the molecule is Cc1cc(C)n2ncc(C(=O)N3CCC[C@@H]3C(=O)O)c2n1. The number of aliphatic carboxylic acids is 1. The molecule has 1 aliphatic rings. The third kappa shape index (κ3) is 2.14. The highest BCUT2D eigenvalue weighted by atomic mass is 16.4. The van der Waals surface area contributed by atoms with E-state index in [4.69, 9.17) is 0 Å². The Labute approximate surface area is 121 Å². The molecular weight excluding hydrogens is 272 g/mol. The molecule has 0 bridgehead atoms. The van der Waals surface area contributed by atoms with Crippen LogP contribution in [-0.4, -0.2) is 49.1 Å². The van der Waals surface area contributed by atoms with E-state index >= 15 is 0 Å². The zero-order valence-electron chi connectivity index (χ0n) is 11.9. The van der Waals surface area contributed by atoms with Crippen molar-refractivity contribution in [1.82, 2.24) is 19.5 Å². The van der Waals surface area contributed by atoms with Crippen LogP contribution < -0.4 is 0 Å². The summed E-state index contributed by atoms with van der Waals surface area (Å²) < 4.78 is 1.60.